The third-order valence-corrected chi connectivity index (χ3v) is 3.77. The highest BCUT2D eigenvalue weighted by Crippen LogP contribution is 2.17. The Morgan fingerprint density at radius 3 is 2.84 bits per heavy atom. The fraction of sp³-hybridized carbons (Fsp3) is 0.278. The van der Waals surface area contributed by atoms with E-state index in [0.29, 0.717) is 29.5 Å². The average molecular weight is 339 g/mol. The third kappa shape index (κ3) is 3.76. The molecule has 0 aliphatic carbocycles. The van der Waals surface area contributed by atoms with Crippen LogP contribution in [-0.4, -0.2) is 30.5 Å². The van der Waals surface area contributed by atoms with Crippen LogP contribution < -0.4 is 0 Å². The topological polar surface area (TPSA) is 73.6 Å². The maximum atomic E-state index is 13.4. The number of ketones is 1. The smallest absolute Gasteiger partial charge is 0.213 e. The lowest BCUT2D eigenvalue weighted by molar-refractivity contribution is 0.101. The van der Waals surface area contributed by atoms with Crippen LogP contribution in [0.2, 0.25) is 0 Å². The predicted octanol–water partition coefficient (Wildman–Crippen LogP) is 3.08. The molecule has 3 aromatic rings. The first-order valence-electron chi connectivity index (χ1n) is 8.09. The maximum absolute atomic E-state index is 13.4. The lowest BCUT2D eigenvalue weighted by Gasteiger charge is -2.10. The molecule has 0 atom stereocenters. The second-order valence-corrected chi connectivity index (χ2v) is 5.74. The summed E-state index contributed by atoms with van der Waals surface area (Å²) in [6.45, 7) is 3.95. The zero-order chi connectivity index (χ0) is 17.8. The molecule has 0 aromatic carbocycles. The molecule has 0 spiro atoms. The van der Waals surface area contributed by atoms with Crippen LogP contribution in [0, 0.1) is 5.95 Å². The van der Waals surface area contributed by atoms with Gasteiger partial charge in [0.1, 0.15) is 11.4 Å². The molecular weight excluding hydrogens is 321 g/mol. The summed E-state index contributed by atoms with van der Waals surface area (Å²) in [6.07, 6.45) is 5.09. The largest absolute Gasteiger partial charge is 0.324 e. The zero-order valence-electron chi connectivity index (χ0n) is 14.1. The minimum Gasteiger partial charge on any atom is -0.324 e. The van der Waals surface area contributed by atoms with Gasteiger partial charge in [0.25, 0.3) is 0 Å². The molecule has 25 heavy (non-hydrogen) atoms. The zero-order valence-corrected chi connectivity index (χ0v) is 14.1. The number of rotatable bonds is 6. The van der Waals surface area contributed by atoms with E-state index in [1.807, 2.05) is 17.6 Å². The van der Waals surface area contributed by atoms with E-state index in [1.54, 1.807) is 24.5 Å². The lowest BCUT2D eigenvalue weighted by Crippen LogP contribution is -2.10. The summed E-state index contributed by atoms with van der Waals surface area (Å²) in [7, 11) is 0. The van der Waals surface area contributed by atoms with E-state index in [-0.39, 0.29) is 5.78 Å². The molecule has 0 saturated heterocycles. The Bertz CT molecular complexity index is 906. The van der Waals surface area contributed by atoms with Crippen LogP contribution >= 0.6 is 0 Å². The van der Waals surface area contributed by atoms with E-state index < -0.39 is 5.95 Å². The summed E-state index contributed by atoms with van der Waals surface area (Å²) in [5.74, 6) is -0.0911. The van der Waals surface area contributed by atoms with Gasteiger partial charge in [-0.15, -0.1) is 5.10 Å². The van der Waals surface area contributed by atoms with Crippen LogP contribution in [0.15, 0.2) is 36.7 Å². The molecule has 0 bridgehead atoms. The van der Waals surface area contributed by atoms with Crippen LogP contribution in [0.5, 0.6) is 0 Å². The second-order valence-electron chi connectivity index (χ2n) is 5.74. The molecule has 0 radical (unpaired) electrons. The fourth-order valence-corrected chi connectivity index (χ4v) is 2.69. The molecule has 7 heteroatoms. The minimum absolute atomic E-state index is 0.0882. The number of hydrogen-bond donors (Lipinski definition) is 0. The van der Waals surface area contributed by atoms with Gasteiger partial charge < -0.3 is 4.57 Å². The van der Waals surface area contributed by atoms with E-state index in [0.717, 1.165) is 18.4 Å². The highest BCUT2D eigenvalue weighted by Gasteiger charge is 2.13. The predicted molar refractivity (Wildman–Crippen MR) is 90.5 cm³/mol. The van der Waals surface area contributed by atoms with E-state index in [9.17, 15) is 9.18 Å². The molecule has 0 aliphatic rings. The summed E-state index contributed by atoms with van der Waals surface area (Å²) in [5, 5.41) is 8.24. The van der Waals surface area contributed by atoms with Crippen molar-refractivity contribution in [3.63, 3.8) is 0 Å². The molecular formula is C18H18FN5O. The van der Waals surface area contributed by atoms with Gasteiger partial charge in [0.2, 0.25) is 5.95 Å². The number of aryl methyl sites for hydroxylation is 1. The van der Waals surface area contributed by atoms with E-state index in [4.69, 9.17) is 0 Å². The fourth-order valence-electron chi connectivity index (χ4n) is 2.69. The Hall–Kier alpha value is -2.96. The number of carbonyl (C=O) groups is 1. The van der Waals surface area contributed by atoms with Crippen molar-refractivity contribution in [2.45, 2.75) is 33.2 Å². The Balaban J connectivity index is 1.92. The first-order valence-corrected chi connectivity index (χ1v) is 8.09. The Kier molecular flexibility index (Phi) is 4.92. The van der Waals surface area contributed by atoms with Gasteiger partial charge in [-0.2, -0.15) is 9.49 Å². The van der Waals surface area contributed by atoms with Gasteiger partial charge in [-0.25, -0.2) is 9.97 Å². The number of imidazole rings is 1. The molecule has 0 amide bonds. The molecule has 0 N–H and O–H groups in total. The van der Waals surface area contributed by atoms with E-state index in [1.165, 1.54) is 13.0 Å². The van der Waals surface area contributed by atoms with Crippen LogP contribution in [0.25, 0.3) is 11.5 Å². The lowest BCUT2D eigenvalue weighted by atomic mass is 10.1. The Morgan fingerprint density at radius 2 is 2.12 bits per heavy atom. The van der Waals surface area contributed by atoms with Gasteiger partial charge in [-0.3, -0.25) is 4.79 Å². The Morgan fingerprint density at radius 1 is 1.28 bits per heavy atom. The van der Waals surface area contributed by atoms with Gasteiger partial charge >= 0.3 is 0 Å². The number of Topliss-reactive ketones (excluding diaryl/α,β-unsaturated/α-hetero) is 1. The summed E-state index contributed by atoms with van der Waals surface area (Å²) >= 11 is 0. The van der Waals surface area contributed by atoms with Crippen molar-refractivity contribution in [2.24, 2.45) is 0 Å². The number of carbonyl (C=O) groups excluding carboxylic acids is 1. The standard InChI is InChI=1S/C18H18FN5O/c1-3-5-13-10-14(22-23-17(13)12(2)25)11-24-9-8-20-18(24)15-6-4-7-16(19)21-15/h4,6-10H,3,5,11H2,1-2H3. The van der Waals surface area contributed by atoms with Gasteiger partial charge in [0.15, 0.2) is 11.6 Å². The molecule has 3 aromatic heterocycles. The van der Waals surface area contributed by atoms with Crippen LogP contribution in [0.4, 0.5) is 4.39 Å². The van der Waals surface area contributed by atoms with Gasteiger partial charge in [0.05, 0.1) is 12.2 Å². The first kappa shape index (κ1) is 16.9. The molecule has 6 nitrogen and oxygen atoms in total. The molecule has 3 heterocycles. The van der Waals surface area contributed by atoms with Crippen LogP contribution in [0.3, 0.4) is 0 Å². The molecule has 0 fully saturated rings. The molecule has 0 aliphatic heterocycles. The first-order chi connectivity index (χ1) is 12.1. The maximum Gasteiger partial charge on any atom is 0.213 e. The summed E-state index contributed by atoms with van der Waals surface area (Å²) in [5.41, 5.74) is 2.48. The summed E-state index contributed by atoms with van der Waals surface area (Å²) in [6, 6.07) is 6.49. The van der Waals surface area contributed by atoms with Gasteiger partial charge in [-0.1, -0.05) is 19.4 Å². The van der Waals surface area contributed by atoms with Crippen LogP contribution in [-0.2, 0) is 13.0 Å². The molecule has 128 valence electrons. The Labute approximate surface area is 144 Å². The van der Waals surface area contributed by atoms with Crippen molar-refractivity contribution in [3.05, 3.63) is 59.6 Å². The summed E-state index contributed by atoms with van der Waals surface area (Å²) in [4.78, 5) is 19.8. The van der Waals surface area contributed by atoms with E-state index in [2.05, 4.69) is 20.2 Å². The minimum atomic E-state index is -0.553. The highest BCUT2D eigenvalue weighted by molar-refractivity contribution is 5.93. The van der Waals surface area contributed by atoms with Crippen molar-refractivity contribution >= 4 is 5.78 Å². The molecule has 0 saturated carbocycles. The monoisotopic (exact) mass is 339 g/mol. The quantitative estimate of drug-likeness (QED) is 0.510. The van der Waals surface area contributed by atoms with Crippen molar-refractivity contribution in [2.75, 3.05) is 0 Å². The SMILES string of the molecule is CCCc1cc(Cn2ccnc2-c2cccc(F)n2)nnc1C(C)=O. The number of pyridine rings is 1. The second kappa shape index (κ2) is 7.29. The van der Waals surface area contributed by atoms with Gasteiger partial charge in [0, 0.05) is 19.3 Å². The molecule has 3 rings (SSSR count). The normalized spacial score (nSPS) is 10.8. The summed E-state index contributed by atoms with van der Waals surface area (Å²) < 4.78 is 15.2. The number of nitrogens with zero attached hydrogens (tertiary/aromatic N) is 5. The van der Waals surface area contributed by atoms with Crippen molar-refractivity contribution in [3.8, 4) is 11.5 Å². The molecule has 0 unspecified atom stereocenters. The van der Waals surface area contributed by atoms with Crippen molar-refractivity contribution in [1.82, 2.24) is 24.7 Å². The van der Waals surface area contributed by atoms with Crippen molar-refractivity contribution < 1.29 is 9.18 Å². The van der Waals surface area contributed by atoms with Crippen molar-refractivity contribution in [1.29, 1.82) is 0 Å². The highest BCUT2D eigenvalue weighted by atomic mass is 19.1. The van der Waals surface area contributed by atoms with E-state index >= 15 is 0 Å². The van der Waals surface area contributed by atoms with Gasteiger partial charge in [-0.05, 0) is 30.2 Å². The number of aromatic nitrogens is 5. The average Bonchev–Trinajstić information content (AvgIpc) is 3.03. The number of halogens is 1. The number of hydrogen-bond acceptors (Lipinski definition) is 5. The van der Waals surface area contributed by atoms with Crippen LogP contribution in [0.1, 0.15) is 42.0 Å². The third-order valence-electron chi connectivity index (χ3n) is 3.77.